The lowest BCUT2D eigenvalue weighted by molar-refractivity contribution is 1.02. The number of fused-ring (bicyclic) bond motifs is 12. The molecular weight excluding hydrogens is 817 g/mol. The highest BCUT2D eigenvalue weighted by atomic mass is 32.1. The van der Waals surface area contributed by atoms with Crippen molar-refractivity contribution in [1.29, 1.82) is 0 Å². The summed E-state index contributed by atoms with van der Waals surface area (Å²) in [6.45, 7) is 0. The summed E-state index contributed by atoms with van der Waals surface area (Å²) in [6.07, 6.45) is 0. The zero-order valence-electron chi connectivity index (χ0n) is 29.5. The molecular formula is C45H24N6S6. The van der Waals surface area contributed by atoms with E-state index in [9.17, 15) is 0 Å². The van der Waals surface area contributed by atoms with Gasteiger partial charge in [0.15, 0.2) is 0 Å². The van der Waals surface area contributed by atoms with Gasteiger partial charge in [0.25, 0.3) is 0 Å². The molecule has 0 aliphatic heterocycles. The molecule has 6 nitrogen and oxygen atoms in total. The van der Waals surface area contributed by atoms with Crippen LogP contribution in [0, 0.1) is 0 Å². The van der Waals surface area contributed by atoms with Crippen molar-refractivity contribution in [1.82, 2.24) is 28.2 Å². The molecule has 13 rings (SSSR count). The van der Waals surface area contributed by atoms with E-state index in [2.05, 4.69) is 151 Å². The fourth-order valence-electron chi connectivity index (χ4n) is 8.41. The van der Waals surface area contributed by atoms with Crippen molar-refractivity contribution in [3.8, 4) is 66.1 Å². The molecule has 0 aliphatic carbocycles. The maximum Gasteiger partial charge on any atom is 0.225 e. The zero-order valence-corrected chi connectivity index (χ0v) is 34.4. The lowest BCUT2D eigenvalue weighted by Gasteiger charge is -2.11. The van der Waals surface area contributed by atoms with Gasteiger partial charge in [-0.3, -0.25) is 0 Å². The summed E-state index contributed by atoms with van der Waals surface area (Å²) >= 11 is 10.3. The van der Waals surface area contributed by atoms with Crippen LogP contribution in [0.1, 0.15) is 0 Å². The number of nitrogens with zero attached hydrogens (tertiary/aromatic N) is 6. The Morgan fingerprint density at radius 3 is 1.00 bits per heavy atom. The monoisotopic (exact) mass is 840 g/mol. The van der Waals surface area contributed by atoms with E-state index in [1.165, 1.54) is 4.88 Å². The van der Waals surface area contributed by atoms with Crippen LogP contribution in [0.15, 0.2) is 138 Å². The van der Waals surface area contributed by atoms with Gasteiger partial charge in [0.1, 0.15) is 0 Å². The van der Waals surface area contributed by atoms with E-state index >= 15 is 0 Å². The molecule has 0 aliphatic rings. The quantitative estimate of drug-likeness (QED) is 0.168. The van der Waals surface area contributed by atoms with E-state index in [-0.39, 0.29) is 0 Å². The van der Waals surface area contributed by atoms with Gasteiger partial charge >= 0.3 is 0 Å². The first-order chi connectivity index (χ1) is 28.3. The highest BCUT2D eigenvalue weighted by molar-refractivity contribution is 7.13. The molecule has 12 heteroatoms. The molecule has 0 fully saturated rings. The average molecular weight is 841 g/mol. The Hall–Kier alpha value is -5.73. The summed E-state index contributed by atoms with van der Waals surface area (Å²) in [5.41, 5.74) is 18.3. The Labute approximate surface area is 348 Å². The molecule has 0 saturated heterocycles. The average Bonchev–Trinajstić information content (AvgIpc) is 4.11. The van der Waals surface area contributed by atoms with Crippen molar-refractivity contribution in [3.63, 3.8) is 0 Å². The molecule has 0 amide bonds. The molecule has 0 saturated carbocycles. The first-order valence-corrected chi connectivity index (χ1v) is 23.7. The molecule has 270 valence electrons. The molecule has 0 atom stereocenters. The van der Waals surface area contributed by atoms with Crippen LogP contribution in [-0.2, 0) is 0 Å². The van der Waals surface area contributed by atoms with Gasteiger partial charge in [-0.2, -0.15) is 56.7 Å². The normalized spacial score (nSPS) is 12.2. The molecule has 3 aromatic carbocycles. The Morgan fingerprint density at radius 2 is 0.667 bits per heavy atom. The van der Waals surface area contributed by atoms with Crippen LogP contribution in [0.5, 0.6) is 0 Å². The standard InChI is InChI=1S/C45H24N6S6/c1-2-36(57-14-1)35-8-5-32(27-11-17-54-22-27)39-42(35)51-44-47-38-31(26-10-16-53-21-26)4-7-34(29-13-19-56-24-29)41(38)49(44)43-46-37-30(25-9-15-52-20-25)3-6-33(28-12-18-55-23-28)40(37)50(43)45(51)48-39/h1-24H. The summed E-state index contributed by atoms with van der Waals surface area (Å²) in [5.74, 6) is 2.33. The molecule has 0 bridgehead atoms. The van der Waals surface area contributed by atoms with Crippen molar-refractivity contribution in [2.75, 3.05) is 0 Å². The highest BCUT2D eigenvalue weighted by Gasteiger charge is 2.28. The van der Waals surface area contributed by atoms with Gasteiger partial charge in [-0.25, -0.2) is 28.2 Å². The van der Waals surface area contributed by atoms with Crippen molar-refractivity contribution in [2.45, 2.75) is 0 Å². The number of rotatable bonds is 6. The molecule has 0 unspecified atom stereocenters. The Balaban J connectivity index is 1.35. The molecule has 10 aromatic heterocycles. The van der Waals surface area contributed by atoms with Crippen LogP contribution in [0.2, 0.25) is 0 Å². The minimum absolute atomic E-state index is 0.776. The number of imidazole rings is 3. The lowest BCUT2D eigenvalue weighted by Crippen LogP contribution is -2.05. The summed E-state index contributed by atoms with van der Waals surface area (Å²) in [7, 11) is 0. The highest BCUT2D eigenvalue weighted by Crippen LogP contribution is 2.45. The van der Waals surface area contributed by atoms with Crippen molar-refractivity contribution >= 4 is 118 Å². The van der Waals surface area contributed by atoms with Crippen LogP contribution in [0.3, 0.4) is 0 Å². The number of thiophene rings is 6. The van der Waals surface area contributed by atoms with Gasteiger partial charge < -0.3 is 0 Å². The van der Waals surface area contributed by atoms with E-state index in [4.69, 9.17) is 15.0 Å². The van der Waals surface area contributed by atoms with Crippen molar-refractivity contribution in [2.24, 2.45) is 0 Å². The number of aromatic nitrogens is 6. The van der Waals surface area contributed by atoms with Crippen LogP contribution in [0.25, 0.3) is 117 Å². The number of benzene rings is 3. The Kier molecular flexibility index (Phi) is 7.03. The SMILES string of the molecule is c1csc(-c2ccc(-c3ccsc3)c3nc4n5c6c(-c7ccsc7)ccc(-c7ccsc7)c6nc5n5c6c(-c7ccsc7)ccc(-c7ccsc7)c6nc5n4c23)c1. The molecule has 0 N–H and O–H groups in total. The topological polar surface area (TPSA) is 51.9 Å². The second-order valence-corrected chi connectivity index (χ2v) is 18.7. The van der Waals surface area contributed by atoms with Crippen LogP contribution in [0.4, 0.5) is 0 Å². The van der Waals surface area contributed by atoms with Gasteiger partial charge in [-0.1, -0.05) is 42.5 Å². The first kappa shape index (κ1) is 32.4. The van der Waals surface area contributed by atoms with E-state index in [1.807, 2.05) is 0 Å². The largest absolute Gasteiger partial charge is 0.246 e. The first-order valence-electron chi connectivity index (χ1n) is 18.1. The van der Waals surface area contributed by atoms with Gasteiger partial charge in [0, 0.05) is 38.3 Å². The smallest absolute Gasteiger partial charge is 0.225 e. The van der Waals surface area contributed by atoms with Crippen molar-refractivity contribution < 1.29 is 0 Å². The van der Waals surface area contributed by atoms with Crippen LogP contribution in [-0.4, -0.2) is 28.2 Å². The maximum atomic E-state index is 5.72. The zero-order chi connectivity index (χ0) is 37.2. The second kappa shape index (κ2) is 12.4. The fraction of sp³-hybridized carbons (Fsp3) is 0. The molecule has 10 heterocycles. The van der Waals surface area contributed by atoms with Gasteiger partial charge in [-0.05, 0) is 123 Å². The molecule has 0 radical (unpaired) electrons. The maximum absolute atomic E-state index is 5.72. The predicted molar refractivity (Wildman–Crippen MR) is 245 cm³/mol. The minimum atomic E-state index is 0.776. The predicted octanol–water partition coefficient (Wildman–Crippen LogP) is 14.5. The third kappa shape index (κ3) is 4.62. The fourth-order valence-corrected chi connectivity index (χ4v) is 12.4. The molecule has 13 aromatic rings. The summed E-state index contributed by atoms with van der Waals surface area (Å²) in [4.78, 5) is 18.3. The number of hydrogen-bond acceptors (Lipinski definition) is 9. The van der Waals surface area contributed by atoms with Crippen LogP contribution < -0.4 is 0 Å². The second-order valence-electron chi connectivity index (χ2n) is 13.9. The third-order valence-electron chi connectivity index (χ3n) is 10.9. The van der Waals surface area contributed by atoms with E-state index in [0.29, 0.717) is 0 Å². The summed E-state index contributed by atoms with van der Waals surface area (Å²) in [5, 5.41) is 24.0. The summed E-state index contributed by atoms with van der Waals surface area (Å²) < 4.78 is 6.95. The van der Waals surface area contributed by atoms with E-state index < -0.39 is 0 Å². The van der Waals surface area contributed by atoms with E-state index in [1.54, 1.807) is 68.0 Å². The van der Waals surface area contributed by atoms with Gasteiger partial charge in [0.2, 0.25) is 17.3 Å². The van der Waals surface area contributed by atoms with Gasteiger partial charge in [-0.15, -0.1) is 11.3 Å². The Morgan fingerprint density at radius 1 is 0.333 bits per heavy atom. The summed E-state index contributed by atoms with van der Waals surface area (Å²) in [6, 6.07) is 28.8. The van der Waals surface area contributed by atoms with Crippen molar-refractivity contribution in [3.05, 3.63) is 138 Å². The lowest BCUT2D eigenvalue weighted by atomic mass is 10.0. The Bertz CT molecular complexity index is 3190. The molecule has 57 heavy (non-hydrogen) atoms. The molecule has 0 spiro atoms. The minimum Gasteiger partial charge on any atom is -0.246 e. The van der Waals surface area contributed by atoms with E-state index in [0.717, 1.165) is 112 Å². The number of hydrogen-bond donors (Lipinski definition) is 0. The van der Waals surface area contributed by atoms with Gasteiger partial charge in [0.05, 0.1) is 33.1 Å². The third-order valence-corrected chi connectivity index (χ3v) is 15.2. The van der Waals surface area contributed by atoms with Crippen LogP contribution >= 0.6 is 68.0 Å².